The molecule has 2 aromatic heterocycles. The van der Waals surface area contributed by atoms with Crippen molar-refractivity contribution in [3.05, 3.63) is 70.9 Å². The lowest BCUT2D eigenvalue weighted by Gasteiger charge is -2.14. The fourth-order valence-electron chi connectivity index (χ4n) is 3.40. The maximum absolute atomic E-state index is 11.9. The van der Waals surface area contributed by atoms with Crippen LogP contribution in [0, 0.1) is 0 Å². The van der Waals surface area contributed by atoms with Crippen LogP contribution in [0.3, 0.4) is 0 Å². The third kappa shape index (κ3) is 3.32. The minimum absolute atomic E-state index is 0.285. The molecule has 0 radical (unpaired) electrons. The Morgan fingerprint density at radius 1 is 1.04 bits per heavy atom. The Kier molecular flexibility index (Phi) is 4.73. The van der Waals surface area contributed by atoms with E-state index in [0.717, 1.165) is 33.0 Å². The number of hydrogen-bond donors (Lipinski definition) is 0. The molecule has 2 aromatic carbocycles. The molecule has 0 atom stereocenters. The zero-order valence-electron chi connectivity index (χ0n) is 15.9. The maximum Gasteiger partial charge on any atom is 0.337 e. The van der Waals surface area contributed by atoms with Crippen molar-refractivity contribution >= 4 is 39.4 Å². The second-order valence-electron chi connectivity index (χ2n) is 7.04. The van der Waals surface area contributed by atoms with Crippen LogP contribution in [0.25, 0.3) is 33.1 Å². The quantitative estimate of drug-likeness (QED) is 0.402. The van der Waals surface area contributed by atoms with Gasteiger partial charge in [-0.1, -0.05) is 31.5 Å². The molecule has 0 bridgehead atoms. The Bertz CT molecular complexity index is 1220. The molecule has 0 spiro atoms. The van der Waals surface area contributed by atoms with E-state index in [4.69, 9.17) is 21.3 Å². The summed E-state index contributed by atoms with van der Waals surface area (Å²) in [7, 11) is 1.39. The number of halogens is 1. The molecule has 0 N–H and O–H groups in total. The highest BCUT2D eigenvalue weighted by Crippen LogP contribution is 2.32. The number of fused-ring (bicyclic) bond motifs is 2. The smallest absolute Gasteiger partial charge is 0.337 e. The number of carbonyl (C=O) groups excluding carboxylic acids is 1. The fourth-order valence-corrected chi connectivity index (χ4v) is 3.57. The molecule has 4 rings (SSSR count). The van der Waals surface area contributed by atoms with E-state index in [1.165, 1.54) is 7.11 Å². The normalized spacial score (nSPS) is 11.3. The van der Waals surface area contributed by atoms with E-state index in [1.807, 2.05) is 30.3 Å². The van der Waals surface area contributed by atoms with Gasteiger partial charge in [-0.2, -0.15) is 0 Å². The number of ether oxygens (including phenoxy) is 1. The van der Waals surface area contributed by atoms with Crippen LogP contribution in [-0.2, 0) is 4.74 Å². The van der Waals surface area contributed by atoms with Crippen molar-refractivity contribution in [1.82, 2.24) is 9.97 Å². The van der Waals surface area contributed by atoms with Crippen molar-refractivity contribution in [3.63, 3.8) is 0 Å². The van der Waals surface area contributed by atoms with E-state index in [1.54, 1.807) is 12.3 Å². The first-order chi connectivity index (χ1) is 13.5. The highest BCUT2D eigenvalue weighted by atomic mass is 35.5. The van der Waals surface area contributed by atoms with Crippen LogP contribution in [0.4, 0.5) is 0 Å². The summed E-state index contributed by atoms with van der Waals surface area (Å²) < 4.78 is 4.86. The third-order valence-corrected chi connectivity index (χ3v) is 5.04. The molecule has 0 aliphatic carbocycles. The summed E-state index contributed by atoms with van der Waals surface area (Å²) in [6, 6.07) is 15.7. The highest BCUT2D eigenvalue weighted by molar-refractivity contribution is 6.31. The largest absolute Gasteiger partial charge is 0.465 e. The first-order valence-corrected chi connectivity index (χ1v) is 9.43. The van der Waals surface area contributed by atoms with Gasteiger partial charge in [0.1, 0.15) is 0 Å². The second kappa shape index (κ2) is 7.21. The van der Waals surface area contributed by atoms with Gasteiger partial charge in [-0.15, -0.1) is 0 Å². The number of nitrogens with zero attached hydrogens (tertiary/aromatic N) is 2. The number of rotatable bonds is 3. The van der Waals surface area contributed by atoms with Gasteiger partial charge in [0.2, 0.25) is 0 Å². The SMILES string of the molecule is COC(=O)c1ccc2cc(-c3ccc4cc(Cl)cnc4n3)cc(C(C)C)c2c1. The van der Waals surface area contributed by atoms with E-state index < -0.39 is 0 Å². The molecule has 0 saturated carbocycles. The van der Waals surface area contributed by atoms with Crippen molar-refractivity contribution in [1.29, 1.82) is 0 Å². The molecule has 0 saturated heterocycles. The topological polar surface area (TPSA) is 52.1 Å². The van der Waals surface area contributed by atoms with Gasteiger partial charge in [0.25, 0.3) is 0 Å². The molecule has 0 unspecified atom stereocenters. The van der Waals surface area contributed by atoms with Gasteiger partial charge in [0.15, 0.2) is 5.65 Å². The lowest BCUT2D eigenvalue weighted by molar-refractivity contribution is 0.0601. The predicted octanol–water partition coefficient (Wildman–Crippen LogP) is 6.01. The number of pyridine rings is 2. The summed E-state index contributed by atoms with van der Waals surface area (Å²) in [5, 5.41) is 3.60. The molecule has 0 fully saturated rings. The lowest BCUT2D eigenvalue weighted by atomic mass is 9.91. The predicted molar refractivity (Wildman–Crippen MR) is 113 cm³/mol. The van der Waals surface area contributed by atoms with Gasteiger partial charge in [-0.25, -0.2) is 14.8 Å². The van der Waals surface area contributed by atoms with E-state index in [9.17, 15) is 4.79 Å². The Balaban J connectivity index is 1.90. The highest BCUT2D eigenvalue weighted by Gasteiger charge is 2.13. The van der Waals surface area contributed by atoms with Gasteiger partial charge >= 0.3 is 5.97 Å². The summed E-state index contributed by atoms with van der Waals surface area (Å²) in [6.07, 6.45) is 1.61. The van der Waals surface area contributed by atoms with E-state index >= 15 is 0 Å². The molecule has 5 heteroatoms. The molecule has 28 heavy (non-hydrogen) atoms. The number of benzene rings is 2. The zero-order valence-corrected chi connectivity index (χ0v) is 16.6. The number of aromatic nitrogens is 2. The Labute approximate surface area is 168 Å². The van der Waals surface area contributed by atoms with Crippen molar-refractivity contribution in [2.24, 2.45) is 0 Å². The van der Waals surface area contributed by atoms with Gasteiger partial charge in [-0.05, 0) is 64.7 Å². The van der Waals surface area contributed by atoms with Gasteiger partial charge in [-0.3, -0.25) is 0 Å². The Morgan fingerprint density at radius 3 is 2.57 bits per heavy atom. The molecule has 4 nitrogen and oxygen atoms in total. The average molecular weight is 391 g/mol. The minimum Gasteiger partial charge on any atom is -0.465 e. The minimum atomic E-state index is -0.332. The number of esters is 1. The molecular formula is C23H19ClN2O2. The number of hydrogen-bond acceptors (Lipinski definition) is 4. The Hall–Kier alpha value is -2.98. The zero-order chi connectivity index (χ0) is 19.8. The van der Waals surface area contributed by atoms with Crippen molar-refractivity contribution in [3.8, 4) is 11.3 Å². The lowest BCUT2D eigenvalue weighted by Crippen LogP contribution is -2.01. The molecule has 140 valence electrons. The summed E-state index contributed by atoms with van der Waals surface area (Å²) in [6.45, 7) is 4.28. The van der Waals surface area contributed by atoms with E-state index in [-0.39, 0.29) is 11.9 Å². The van der Waals surface area contributed by atoms with Crippen molar-refractivity contribution in [2.75, 3.05) is 7.11 Å². The molecule has 4 aromatic rings. The maximum atomic E-state index is 11.9. The Morgan fingerprint density at radius 2 is 1.82 bits per heavy atom. The van der Waals surface area contributed by atoms with Gasteiger partial charge in [0, 0.05) is 17.1 Å². The van der Waals surface area contributed by atoms with Crippen LogP contribution in [-0.4, -0.2) is 23.0 Å². The molecule has 0 amide bonds. The summed E-state index contributed by atoms with van der Waals surface area (Å²) in [5.41, 5.74) is 4.23. The van der Waals surface area contributed by atoms with Crippen molar-refractivity contribution in [2.45, 2.75) is 19.8 Å². The summed E-state index contributed by atoms with van der Waals surface area (Å²) >= 11 is 6.02. The van der Waals surface area contributed by atoms with Crippen LogP contribution >= 0.6 is 11.6 Å². The molecular weight excluding hydrogens is 372 g/mol. The van der Waals surface area contributed by atoms with Gasteiger partial charge in [0.05, 0.1) is 23.4 Å². The standard InChI is InChI=1S/C23H19ClN2O2/c1-13(2)19-11-17(8-14-4-5-16(10-20(14)19)23(27)28-3)21-7-6-15-9-18(24)12-25-22(15)26-21/h4-13H,1-3H3. The van der Waals surface area contributed by atoms with Gasteiger partial charge < -0.3 is 4.74 Å². The van der Waals surface area contributed by atoms with Crippen LogP contribution in [0.15, 0.2) is 54.7 Å². The monoisotopic (exact) mass is 390 g/mol. The average Bonchev–Trinajstić information content (AvgIpc) is 2.71. The number of methoxy groups -OCH3 is 1. The van der Waals surface area contributed by atoms with Crippen LogP contribution in [0.5, 0.6) is 0 Å². The molecule has 0 aliphatic heterocycles. The summed E-state index contributed by atoms with van der Waals surface area (Å²) in [4.78, 5) is 21.0. The van der Waals surface area contributed by atoms with Crippen LogP contribution < -0.4 is 0 Å². The first kappa shape index (κ1) is 18.4. The van der Waals surface area contributed by atoms with Crippen LogP contribution in [0.2, 0.25) is 5.02 Å². The number of carbonyl (C=O) groups is 1. The third-order valence-electron chi connectivity index (χ3n) is 4.83. The second-order valence-corrected chi connectivity index (χ2v) is 7.48. The molecule has 2 heterocycles. The molecule has 0 aliphatic rings. The first-order valence-electron chi connectivity index (χ1n) is 9.05. The van der Waals surface area contributed by atoms with Crippen molar-refractivity contribution < 1.29 is 9.53 Å². The van der Waals surface area contributed by atoms with E-state index in [2.05, 4.69) is 31.0 Å². The fraction of sp³-hybridized carbons (Fsp3) is 0.174. The van der Waals surface area contributed by atoms with E-state index in [0.29, 0.717) is 16.2 Å². The van der Waals surface area contributed by atoms with Crippen LogP contribution in [0.1, 0.15) is 35.7 Å². The summed E-state index contributed by atoms with van der Waals surface area (Å²) in [5.74, 6) is -0.0469.